The van der Waals surface area contributed by atoms with E-state index in [1.807, 2.05) is 50.4 Å². The number of aryl methyl sites for hydroxylation is 1. The molecule has 1 unspecified atom stereocenters. The van der Waals surface area contributed by atoms with E-state index < -0.39 is 0 Å². The lowest BCUT2D eigenvalue weighted by molar-refractivity contribution is -0.890. The molecule has 1 aromatic heterocycles. The lowest BCUT2D eigenvalue weighted by Gasteiger charge is -2.17. The number of aromatic amines is 1. The van der Waals surface area contributed by atoms with Gasteiger partial charge in [-0.2, -0.15) is 5.26 Å². The first kappa shape index (κ1) is 20.2. The SMILES string of the molecule is COc1cc(C)c(C[NH+](C)C/C(O)=C(\C#N)c2nc3ccccc3[nH]2)cc1OC. The van der Waals surface area contributed by atoms with Gasteiger partial charge in [0.15, 0.2) is 23.1 Å². The molecule has 3 aromatic rings. The fourth-order valence-electron chi connectivity index (χ4n) is 3.30. The summed E-state index contributed by atoms with van der Waals surface area (Å²) < 4.78 is 10.7. The Morgan fingerprint density at radius 1 is 1.21 bits per heavy atom. The van der Waals surface area contributed by atoms with Gasteiger partial charge >= 0.3 is 0 Å². The third kappa shape index (κ3) is 4.33. The number of nitriles is 1. The highest BCUT2D eigenvalue weighted by atomic mass is 16.5. The number of nitrogens with zero attached hydrogens (tertiary/aromatic N) is 2. The maximum atomic E-state index is 10.6. The predicted molar refractivity (Wildman–Crippen MR) is 111 cm³/mol. The number of para-hydroxylation sites is 2. The van der Waals surface area contributed by atoms with Crippen LogP contribution in [0.5, 0.6) is 11.5 Å². The zero-order valence-electron chi connectivity index (χ0n) is 17.0. The summed E-state index contributed by atoms with van der Waals surface area (Å²) in [5, 5.41) is 20.2. The molecule has 0 amide bonds. The van der Waals surface area contributed by atoms with Crippen molar-refractivity contribution in [1.82, 2.24) is 9.97 Å². The highest BCUT2D eigenvalue weighted by Crippen LogP contribution is 2.30. The second-order valence-electron chi connectivity index (χ2n) is 6.98. The first-order chi connectivity index (χ1) is 14.0. The lowest BCUT2D eigenvalue weighted by atomic mass is 10.1. The van der Waals surface area contributed by atoms with Crippen LogP contribution < -0.4 is 14.4 Å². The fourth-order valence-corrected chi connectivity index (χ4v) is 3.30. The van der Waals surface area contributed by atoms with Gasteiger partial charge in [0.05, 0.1) is 32.3 Å². The molecule has 0 saturated carbocycles. The van der Waals surface area contributed by atoms with Crippen molar-refractivity contribution < 1.29 is 19.5 Å². The smallest absolute Gasteiger partial charge is 0.169 e. The molecule has 0 radical (unpaired) electrons. The van der Waals surface area contributed by atoms with Gasteiger partial charge in [-0.15, -0.1) is 0 Å². The molecular weight excluding hydrogens is 368 g/mol. The van der Waals surface area contributed by atoms with Crippen molar-refractivity contribution in [1.29, 1.82) is 5.26 Å². The molecule has 0 saturated heterocycles. The van der Waals surface area contributed by atoms with Crippen molar-refractivity contribution in [3.8, 4) is 17.6 Å². The minimum Gasteiger partial charge on any atom is -0.506 e. The molecule has 0 spiro atoms. The van der Waals surface area contributed by atoms with Crippen molar-refractivity contribution in [3.05, 3.63) is 59.1 Å². The Morgan fingerprint density at radius 3 is 2.55 bits per heavy atom. The van der Waals surface area contributed by atoms with Crippen LogP contribution in [-0.2, 0) is 6.54 Å². The number of methoxy groups -OCH3 is 2. The number of allylic oxidation sites excluding steroid dienone is 1. The highest BCUT2D eigenvalue weighted by molar-refractivity contribution is 5.82. The summed E-state index contributed by atoms with van der Waals surface area (Å²) in [7, 11) is 5.17. The zero-order valence-corrected chi connectivity index (χ0v) is 17.0. The molecule has 3 N–H and O–H groups in total. The van der Waals surface area contributed by atoms with Crippen molar-refractivity contribution >= 4 is 16.6 Å². The number of rotatable bonds is 7. The molecule has 0 aliphatic rings. The van der Waals surface area contributed by atoms with Crippen LogP contribution >= 0.6 is 0 Å². The van der Waals surface area contributed by atoms with Crippen LogP contribution in [-0.4, -0.2) is 42.9 Å². The second kappa shape index (κ2) is 8.67. The van der Waals surface area contributed by atoms with Crippen molar-refractivity contribution in [2.24, 2.45) is 0 Å². The summed E-state index contributed by atoms with van der Waals surface area (Å²) in [5.74, 6) is 1.73. The number of nitrogens with one attached hydrogen (secondary N) is 2. The monoisotopic (exact) mass is 393 g/mol. The van der Waals surface area contributed by atoms with E-state index in [1.165, 1.54) is 0 Å². The molecule has 2 aromatic carbocycles. The first-order valence-corrected chi connectivity index (χ1v) is 9.27. The van der Waals surface area contributed by atoms with Crippen LogP contribution in [0.1, 0.15) is 17.0 Å². The van der Waals surface area contributed by atoms with Gasteiger partial charge < -0.3 is 24.5 Å². The Labute approximate surface area is 169 Å². The molecule has 7 heteroatoms. The highest BCUT2D eigenvalue weighted by Gasteiger charge is 2.18. The quantitative estimate of drug-likeness (QED) is 0.423. The lowest BCUT2D eigenvalue weighted by Crippen LogP contribution is -3.07. The minimum absolute atomic E-state index is 0.00202. The van der Waals surface area contributed by atoms with Gasteiger partial charge in [0.2, 0.25) is 0 Å². The van der Waals surface area contributed by atoms with E-state index in [0.717, 1.165) is 27.1 Å². The van der Waals surface area contributed by atoms with Crippen LogP contribution in [0, 0.1) is 18.3 Å². The number of hydrogen-bond acceptors (Lipinski definition) is 5. The Kier molecular flexibility index (Phi) is 6.05. The van der Waals surface area contributed by atoms with Gasteiger partial charge in [-0.3, -0.25) is 0 Å². The fraction of sp³-hybridized carbons (Fsp3) is 0.273. The second-order valence-corrected chi connectivity index (χ2v) is 6.98. The van der Waals surface area contributed by atoms with Crippen molar-refractivity contribution in [3.63, 3.8) is 0 Å². The van der Waals surface area contributed by atoms with E-state index >= 15 is 0 Å². The molecule has 1 heterocycles. The third-order valence-electron chi connectivity index (χ3n) is 4.83. The van der Waals surface area contributed by atoms with Gasteiger partial charge in [-0.25, -0.2) is 4.98 Å². The van der Waals surface area contributed by atoms with Crippen LogP contribution in [0.25, 0.3) is 16.6 Å². The van der Waals surface area contributed by atoms with Crippen molar-refractivity contribution in [2.75, 3.05) is 27.8 Å². The summed E-state index contributed by atoms with van der Waals surface area (Å²) in [6, 6.07) is 13.5. The average molecular weight is 393 g/mol. The number of ether oxygens (including phenoxy) is 2. The first-order valence-electron chi connectivity index (χ1n) is 9.27. The standard InChI is InChI=1S/C22H24N4O3/c1-14-9-20(28-3)21(29-4)10-15(14)12-26(2)13-19(27)16(11-23)22-24-17-7-5-6-8-18(17)25-22/h5-10,27H,12-13H2,1-4H3,(H,24,25)/p+1/b19-16-. The summed E-state index contributed by atoms with van der Waals surface area (Å²) in [6.45, 7) is 2.94. The van der Waals surface area contributed by atoms with Crippen LogP contribution in [0.15, 0.2) is 42.2 Å². The van der Waals surface area contributed by atoms with E-state index in [-0.39, 0.29) is 17.9 Å². The number of fused-ring (bicyclic) bond motifs is 1. The molecule has 0 bridgehead atoms. The van der Waals surface area contributed by atoms with Crippen LogP contribution in [0.4, 0.5) is 0 Å². The van der Waals surface area contributed by atoms with E-state index in [2.05, 4.69) is 16.0 Å². The number of aliphatic hydroxyl groups is 1. The number of likely N-dealkylation sites (N-methyl/N-ethyl adjacent to an activating group) is 1. The number of H-pyrrole nitrogens is 1. The van der Waals surface area contributed by atoms with Gasteiger partial charge in [-0.1, -0.05) is 12.1 Å². The molecule has 7 nitrogen and oxygen atoms in total. The Hall–Kier alpha value is -3.50. The Bertz CT molecular complexity index is 1060. The molecule has 0 aliphatic carbocycles. The number of quaternary nitrogens is 1. The molecule has 1 atom stereocenters. The molecule has 3 rings (SSSR count). The van der Waals surface area contributed by atoms with E-state index in [9.17, 15) is 10.4 Å². The topological polar surface area (TPSA) is 95.6 Å². The molecule has 0 fully saturated rings. The Balaban J connectivity index is 1.81. The van der Waals surface area contributed by atoms with E-state index in [4.69, 9.17) is 9.47 Å². The normalized spacial score (nSPS) is 12.9. The largest absolute Gasteiger partial charge is 0.506 e. The van der Waals surface area contributed by atoms with Gasteiger partial charge in [0.1, 0.15) is 24.7 Å². The maximum absolute atomic E-state index is 10.6. The molecule has 0 aliphatic heterocycles. The number of hydrogen-bond donors (Lipinski definition) is 3. The Morgan fingerprint density at radius 2 is 1.90 bits per heavy atom. The summed E-state index contributed by atoms with van der Waals surface area (Å²) in [6.07, 6.45) is 0. The predicted octanol–water partition coefficient (Wildman–Crippen LogP) is 2.40. The third-order valence-corrected chi connectivity index (χ3v) is 4.83. The summed E-state index contributed by atoms with van der Waals surface area (Å²) in [5.41, 5.74) is 3.89. The van der Waals surface area contributed by atoms with Crippen LogP contribution in [0.3, 0.4) is 0 Å². The summed E-state index contributed by atoms with van der Waals surface area (Å²) >= 11 is 0. The van der Waals surface area contributed by atoms with Crippen molar-refractivity contribution in [2.45, 2.75) is 13.5 Å². The van der Waals surface area contributed by atoms with Gasteiger partial charge in [0.25, 0.3) is 0 Å². The molecule has 29 heavy (non-hydrogen) atoms. The maximum Gasteiger partial charge on any atom is 0.169 e. The number of benzene rings is 2. The number of imidazole rings is 1. The molecular formula is C22H25N4O3+. The van der Waals surface area contributed by atoms with Gasteiger partial charge in [-0.05, 0) is 36.8 Å². The van der Waals surface area contributed by atoms with Gasteiger partial charge in [0, 0.05) is 5.56 Å². The van der Waals surface area contributed by atoms with E-state index in [0.29, 0.717) is 23.9 Å². The minimum atomic E-state index is 0.00202. The number of aromatic nitrogens is 2. The average Bonchev–Trinajstić information content (AvgIpc) is 3.13. The zero-order chi connectivity index (χ0) is 21.0. The van der Waals surface area contributed by atoms with Crippen LogP contribution in [0.2, 0.25) is 0 Å². The molecule has 150 valence electrons. The van der Waals surface area contributed by atoms with E-state index in [1.54, 1.807) is 14.2 Å². The summed E-state index contributed by atoms with van der Waals surface area (Å²) in [4.78, 5) is 8.53. The number of aliphatic hydroxyl groups excluding tert-OH is 1.